The molecule has 1 aromatic heterocycles. The number of benzene rings is 1. The van der Waals surface area contributed by atoms with Gasteiger partial charge in [0.05, 0.1) is 0 Å². The van der Waals surface area contributed by atoms with Crippen LogP contribution in [-0.2, 0) is 11.3 Å². The van der Waals surface area contributed by atoms with Gasteiger partial charge in [-0.15, -0.1) is 0 Å². The number of amides is 1. The summed E-state index contributed by atoms with van der Waals surface area (Å²) in [5.74, 6) is 0.516. The molecule has 0 radical (unpaired) electrons. The van der Waals surface area contributed by atoms with E-state index in [1.165, 1.54) is 12.8 Å². The fraction of sp³-hybridized carbons (Fsp3) is 0.500. The van der Waals surface area contributed by atoms with Gasteiger partial charge < -0.3 is 9.47 Å². The largest absolute Gasteiger partial charge is 0.340 e. The second-order valence-corrected chi connectivity index (χ2v) is 7.51. The Morgan fingerprint density at radius 3 is 2.72 bits per heavy atom. The molecular formula is C20H25N3O2. The fourth-order valence-corrected chi connectivity index (χ4v) is 3.86. The van der Waals surface area contributed by atoms with Gasteiger partial charge in [0, 0.05) is 43.8 Å². The van der Waals surface area contributed by atoms with Crippen LogP contribution in [0.1, 0.15) is 19.8 Å². The maximum absolute atomic E-state index is 12.8. The number of hydrogen-bond donors (Lipinski definition) is 0. The number of aromatic nitrogens is 1. The molecule has 0 N–H and O–H groups in total. The molecule has 2 aromatic rings. The predicted molar refractivity (Wildman–Crippen MR) is 98.5 cm³/mol. The van der Waals surface area contributed by atoms with Crippen LogP contribution in [0.15, 0.2) is 41.3 Å². The van der Waals surface area contributed by atoms with E-state index in [1.54, 1.807) is 10.8 Å². The molecule has 2 fully saturated rings. The molecule has 5 heteroatoms. The van der Waals surface area contributed by atoms with Crippen LogP contribution in [0.3, 0.4) is 0 Å². The molecule has 4 rings (SSSR count). The molecule has 0 spiro atoms. The van der Waals surface area contributed by atoms with Crippen molar-refractivity contribution in [1.82, 2.24) is 14.4 Å². The van der Waals surface area contributed by atoms with E-state index in [0.717, 1.165) is 37.6 Å². The lowest BCUT2D eigenvalue weighted by Gasteiger charge is -2.22. The topological polar surface area (TPSA) is 45.6 Å². The van der Waals surface area contributed by atoms with Gasteiger partial charge in [0.1, 0.15) is 6.54 Å². The monoisotopic (exact) mass is 339 g/mol. The summed E-state index contributed by atoms with van der Waals surface area (Å²) in [7, 11) is 0. The summed E-state index contributed by atoms with van der Waals surface area (Å²) in [5, 5.41) is 1.58. The van der Waals surface area contributed by atoms with Crippen molar-refractivity contribution < 1.29 is 4.79 Å². The number of hydrogen-bond acceptors (Lipinski definition) is 3. The Bertz CT molecular complexity index is 840. The third-order valence-corrected chi connectivity index (χ3v) is 5.34. The minimum absolute atomic E-state index is 0.0434. The van der Waals surface area contributed by atoms with E-state index in [2.05, 4.69) is 11.8 Å². The SMILES string of the molecule is CC1CN(C(=O)Cn2ccc3ccccc3c2=O)CCN(C2CC2)C1. The molecule has 1 saturated carbocycles. The quantitative estimate of drug-likeness (QED) is 0.859. The van der Waals surface area contributed by atoms with Crippen molar-refractivity contribution in [2.45, 2.75) is 32.4 Å². The zero-order valence-electron chi connectivity index (χ0n) is 14.7. The lowest BCUT2D eigenvalue weighted by Crippen LogP contribution is -2.39. The number of rotatable bonds is 3. The Hall–Kier alpha value is -2.14. The van der Waals surface area contributed by atoms with Gasteiger partial charge in [0.15, 0.2) is 0 Å². The molecule has 5 nitrogen and oxygen atoms in total. The van der Waals surface area contributed by atoms with Crippen molar-refractivity contribution in [3.05, 3.63) is 46.9 Å². The summed E-state index contributed by atoms with van der Waals surface area (Å²) < 4.78 is 1.54. The molecule has 1 aliphatic heterocycles. The zero-order valence-corrected chi connectivity index (χ0v) is 14.7. The molecule has 1 unspecified atom stereocenters. The second-order valence-electron chi connectivity index (χ2n) is 7.51. The summed E-state index contributed by atoms with van der Waals surface area (Å²) >= 11 is 0. The van der Waals surface area contributed by atoms with Crippen LogP contribution < -0.4 is 5.56 Å². The Morgan fingerprint density at radius 2 is 1.92 bits per heavy atom. The number of fused-ring (bicyclic) bond motifs is 1. The molecule has 1 saturated heterocycles. The van der Waals surface area contributed by atoms with E-state index >= 15 is 0 Å². The van der Waals surface area contributed by atoms with E-state index in [9.17, 15) is 9.59 Å². The lowest BCUT2D eigenvalue weighted by atomic mass is 10.1. The molecular weight excluding hydrogens is 314 g/mol. The highest BCUT2D eigenvalue weighted by Gasteiger charge is 2.32. The van der Waals surface area contributed by atoms with Crippen molar-refractivity contribution in [3.63, 3.8) is 0 Å². The number of carbonyl (C=O) groups is 1. The highest BCUT2D eigenvalue weighted by atomic mass is 16.2. The van der Waals surface area contributed by atoms with Gasteiger partial charge in [-0.2, -0.15) is 0 Å². The zero-order chi connectivity index (χ0) is 17.4. The molecule has 25 heavy (non-hydrogen) atoms. The smallest absolute Gasteiger partial charge is 0.258 e. The third-order valence-electron chi connectivity index (χ3n) is 5.34. The molecule has 1 aromatic carbocycles. The standard InChI is InChI=1S/C20H25N3O2/c1-15-12-21(17-6-7-17)10-11-22(13-15)19(24)14-23-9-8-16-4-2-3-5-18(16)20(23)25/h2-5,8-9,15,17H,6-7,10-14H2,1H3. The number of nitrogens with zero attached hydrogens (tertiary/aromatic N) is 3. The van der Waals surface area contributed by atoms with Gasteiger partial charge in [-0.1, -0.05) is 25.1 Å². The van der Waals surface area contributed by atoms with Crippen LogP contribution in [-0.4, -0.2) is 52.5 Å². The minimum atomic E-state index is -0.0890. The summed E-state index contributed by atoms with van der Waals surface area (Å²) in [4.78, 5) is 29.9. The van der Waals surface area contributed by atoms with Crippen molar-refractivity contribution in [3.8, 4) is 0 Å². The summed E-state index contributed by atoms with van der Waals surface area (Å²) in [5.41, 5.74) is -0.0890. The van der Waals surface area contributed by atoms with Crippen molar-refractivity contribution >= 4 is 16.7 Å². The third kappa shape index (κ3) is 3.47. The van der Waals surface area contributed by atoms with Crippen molar-refractivity contribution in [2.75, 3.05) is 26.2 Å². The van der Waals surface area contributed by atoms with Crippen molar-refractivity contribution in [1.29, 1.82) is 0 Å². The van der Waals surface area contributed by atoms with Gasteiger partial charge in [0.25, 0.3) is 5.56 Å². The molecule has 0 bridgehead atoms. The maximum Gasteiger partial charge on any atom is 0.258 e. The maximum atomic E-state index is 12.8. The van der Waals surface area contributed by atoms with Crippen molar-refractivity contribution in [2.24, 2.45) is 5.92 Å². The van der Waals surface area contributed by atoms with Crippen LogP contribution in [0.2, 0.25) is 0 Å². The van der Waals surface area contributed by atoms with E-state index in [0.29, 0.717) is 11.3 Å². The molecule has 2 heterocycles. The molecule has 132 valence electrons. The van der Waals surface area contributed by atoms with Gasteiger partial charge in [-0.05, 0) is 36.3 Å². The first-order valence-corrected chi connectivity index (χ1v) is 9.22. The van der Waals surface area contributed by atoms with Gasteiger partial charge >= 0.3 is 0 Å². The fourth-order valence-electron chi connectivity index (χ4n) is 3.86. The Balaban J connectivity index is 1.49. The van der Waals surface area contributed by atoms with Crippen LogP contribution >= 0.6 is 0 Å². The van der Waals surface area contributed by atoms with Crippen LogP contribution in [0, 0.1) is 5.92 Å². The van der Waals surface area contributed by atoms with Crippen LogP contribution in [0.25, 0.3) is 10.8 Å². The first-order valence-electron chi connectivity index (χ1n) is 9.22. The average molecular weight is 339 g/mol. The highest BCUT2D eigenvalue weighted by molar-refractivity contribution is 5.82. The number of carbonyl (C=O) groups excluding carboxylic acids is 1. The highest BCUT2D eigenvalue weighted by Crippen LogP contribution is 2.28. The van der Waals surface area contributed by atoms with Gasteiger partial charge in [-0.25, -0.2) is 0 Å². The van der Waals surface area contributed by atoms with E-state index in [1.807, 2.05) is 35.2 Å². The molecule has 1 amide bonds. The summed E-state index contributed by atoms with van der Waals surface area (Å²) in [6.45, 7) is 5.91. The average Bonchev–Trinajstić information content (AvgIpc) is 3.44. The van der Waals surface area contributed by atoms with Crippen LogP contribution in [0.5, 0.6) is 0 Å². The lowest BCUT2D eigenvalue weighted by molar-refractivity contribution is -0.132. The van der Waals surface area contributed by atoms with E-state index < -0.39 is 0 Å². The minimum Gasteiger partial charge on any atom is -0.340 e. The molecule has 2 aliphatic rings. The van der Waals surface area contributed by atoms with E-state index in [4.69, 9.17) is 0 Å². The van der Waals surface area contributed by atoms with Gasteiger partial charge in [0.2, 0.25) is 5.91 Å². The second kappa shape index (κ2) is 6.64. The molecule has 1 aliphatic carbocycles. The first kappa shape index (κ1) is 16.3. The molecule has 1 atom stereocenters. The van der Waals surface area contributed by atoms with E-state index in [-0.39, 0.29) is 18.0 Å². The predicted octanol–water partition coefficient (Wildman–Crippen LogP) is 1.94. The Kier molecular flexibility index (Phi) is 4.34. The summed E-state index contributed by atoms with van der Waals surface area (Å²) in [6.07, 6.45) is 4.33. The Labute approximate surface area is 147 Å². The number of pyridine rings is 1. The Morgan fingerprint density at radius 1 is 1.12 bits per heavy atom. The van der Waals surface area contributed by atoms with Gasteiger partial charge in [-0.3, -0.25) is 14.5 Å². The van der Waals surface area contributed by atoms with Crippen LogP contribution in [0.4, 0.5) is 0 Å². The first-order chi connectivity index (χ1) is 12.1. The normalized spacial score (nSPS) is 22.1. The summed E-state index contributed by atoms with van der Waals surface area (Å²) in [6, 6.07) is 10.2.